The average Bonchev–Trinajstić information content (AvgIpc) is 2.75. The third-order valence-corrected chi connectivity index (χ3v) is 5.47. The summed E-state index contributed by atoms with van der Waals surface area (Å²) in [7, 11) is 0. The quantitative estimate of drug-likeness (QED) is 0.132. The molecule has 9 N–H and O–H groups in total. The number of hydrogen-bond donors (Lipinski definition) is 7. The van der Waals surface area contributed by atoms with E-state index in [1.54, 1.807) is 6.92 Å². The predicted molar refractivity (Wildman–Crippen MR) is 125 cm³/mol. The molecule has 12 heteroatoms. The van der Waals surface area contributed by atoms with Crippen LogP contribution in [-0.2, 0) is 24.0 Å². The first-order chi connectivity index (χ1) is 15.8. The number of carboxylic acid groups (broad SMARTS) is 2. The summed E-state index contributed by atoms with van der Waals surface area (Å²) in [4.78, 5) is 60.9. The standard InChI is InChI=1S/C22H41N5O7/c1-5-13(4)18(24)21(32)27-15(10-12(2)3)19(30)26-16(11-17(28)29)20(31)25-14(22(33)34)8-6-7-9-23/h12-16,18H,5-11,23-24H2,1-4H3,(H,25,31)(H,26,30)(H,27,32)(H,28,29)(H,33,34). The van der Waals surface area contributed by atoms with E-state index in [1.807, 2.05) is 20.8 Å². The van der Waals surface area contributed by atoms with E-state index in [4.69, 9.17) is 11.5 Å². The first kappa shape index (κ1) is 31.3. The molecule has 0 saturated heterocycles. The zero-order valence-electron chi connectivity index (χ0n) is 20.5. The molecule has 0 aromatic heterocycles. The van der Waals surface area contributed by atoms with Crippen LogP contribution in [0.4, 0.5) is 0 Å². The van der Waals surface area contributed by atoms with Gasteiger partial charge in [0.05, 0.1) is 12.5 Å². The Morgan fingerprint density at radius 1 is 0.824 bits per heavy atom. The van der Waals surface area contributed by atoms with Crippen molar-refractivity contribution in [2.24, 2.45) is 23.3 Å². The molecule has 0 aliphatic heterocycles. The van der Waals surface area contributed by atoms with Crippen molar-refractivity contribution in [1.29, 1.82) is 0 Å². The fourth-order valence-corrected chi connectivity index (χ4v) is 3.16. The molecule has 0 aliphatic carbocycles. The molecule has 3 amide bonds. The lowest BCUT2D eigenvalue weighted by atomic mass is 9.97. The van der Waals surface area contributed by atoms with Crippen LogP contribution in [0.2, 0.25) is 0 Å². The molecule has 0 fully saturated rings. The fourth-order valence-electron chi connectivity index (χ4n) is 3.16. The molecular formula is C22H41N5O7. The summed E-state index contributed by atoms with van der Waals surface area (Å²) in [5.74, 6) is -5.01. The van der Waals surface area contributed by atoms with Gasteiger partial charge in [-0.15, -0.1) is 0 Å². The van der Waals surface area contributed by atoms with Gasteiger partial charge in [-0.05, 0) is 44.1 Å². The number of aliphatic carboxylic acids is 2. The highest BCUT2D eigenvalue weighted by Crippen LogP contribution is 2.10. The second kappa shape index (κ2) is 16.0. The molecule has 0 bridgehead atoms. The van der Waals surface area contributed by atoms with Gasteiger partial charge in [0.1, 0.15) is 18.1 Å². The van der Waals surface area contributed by atoms with Crippen molar-refractivity contribution < 1.29 is 34.2 Å². The van der Waals surface area contributed by atoms with E-state index in [0.29, 0.717) is 25.8 Å². The maximum absolute atomic E-state index is 12.9. The zero-order valence-corrected chi connectivity index (χ0v) is 20.5. The number of carboxylic acids is 2. The third kappa shape index (κ3) is 11.9. The Morgan fingerprint density at radius 3 is 1.82 bits per heavy atom. The van der Waals surface area contributed by atoms with E-state index in [0.717, 1.165) is 0 Å². The molecule has 5 unspecified atom stereocenters. The van der Waals surface area contributed by atoms with Crippen LogP contribution >= 0.6 is 0 Å². The van der Waals surface area contributed by atoms with Gasteiger partial charge < -0.3 is 37.6 Å². The van der Waals surface area contributed by atoms with Crippen LogP contribution in [0.15, 0.2) is 0 Å². The lowest BCUT2D eigenvalue weighted by molar-refractivity contribution is -0.144. The van der Waals surface area contributed by atoms with Crippen molar-refractivity contribution in [3.63, 3.8) is 0 Å². The summed E-state index contributed by atoms with van der Waals surface area (Å²) in [6.07, 6.45) is 1.23. The Labute approximate surface area is 200 Å². The normalized spacial score (nSPS) is 15.5. The Bertz CT molecular complexity index is 701. The Balaban J connectivity index is 5.51. The van der Waals surface area contributed by atoms with Crippen molar-refractivity contribution >= 4 is 29.7 Å². The van der Waals surface area contributed by atoms with Gasteiger partial charge in [-0.2, -0.15) is 0 Å². The number of nitrogens with one attached hydrogen (secondary N) is 3. The van der Waals surface area contributed by atoms with Crippen LogP contribution < -0.4 is 27.4 Å². The molecule has 0 radical (unpaired) electrons. The predicted octanol–water partition coefficient (Wildman–Crippen LogP) is -0.451. The first-order valence-electron chi connectivity index (χ1n) is 11.6. The van der Waals surface area contributed by atoms with Crippen molar-refractivity contribution in [2.45, 2.75) is 90.4 Å². The van der Waals surface area contributed by atoms with Gasteiger partial charge in [-0.25, -0.2) is 4.79 Å². The molecule has 0 saturated carbocycles. The molecule has 196 valence electrons. The highest BCUT2D eigenvalue weighted by molar-refractivity contribution is 5.95. The van der Waals surface area contributed by atoms with E-state index in [9.17, 15) is 34.2 Å². The lowest BCUT2D eigenvalue weighted by Gasteiger charge is -2.26. The van der Waals surface area contributed by atoms with E-state index in [2.05, 4.69) is 16.0 Å². The van der Waals surface area contributed by atoms with Crippen LogP contribution in [0.1, 0.15) is 66.2 Å². The zero-order chi connectivity index (χ0) is 26.4. The van der Waals surface area contributed by atoms with E-state index < -0.39 is 60.2 Å². The summed E-state index contributed by atoms with van der Waals surface area (Å²) in [6, 6.07) is -4.68. The maximum atomic E-state index is 12.9. The summed E-state index contributed by atoms with van der Waals surface area (Å²) < 4.78 is 0. The number of carbonyl (C=O) groups excluding carboxylic acids is 3. The second-order valence-electron chi connectivity index (χ2n) is 8.94. The fraction of sp³-hybridized carbons (Fsp3) is 0.773. The van der Waals surface area contributed by atoms with Crippen molar-refractivity contribution in [3.8, 4) is 0 Å². The second-order valence-corrected chi connectivity index (χ2v) is 8.94. The van der Waals surface area contributed by atoms with Gasteiger partial charge in [0.15, 0.2) is 0 Å². The van der Waals surface area contributed by atoms with E-state index >= 15 is 0 Å². The largest absolute Gasteiger partial charge is 0.481 e. The monoisotopic (exact) mass is 487 g/mol. The molecule has 0 aliphatic rings. The summed E-state index contributed by atoms with van der Waals surface area (Å²) in [5.41, 5.74) is 11.4. The van der Waals surface area contributed by atoms with Crippen LogP contribution in [0.5, 0.6) is 0 Å². The van der Waals surface area contributed by atoms with Gasteiger partial charge in [-0.1, -0.05) is 34.1 Å². The van der Waals surface area contributed by atoms with Gasteiger partial charge in [0, 0.05) is 0 Å². The minimum absolute atomic E-state index is 0.0124. The molecule has 12 nitrogen and oxygen atoms in total. The van der Waals surface area contributed by atoms with Gasteiger partial charge in [0.25, 0.3) is 0 Å². The molecule has 0 heterocycles. The lowest BCUT2D eigenvalue weighted by Crippen LogP contribution is -2.58. The molecule has 0 rings (SSSR count). The minimum atomic E-state index is -1.53. The number of rotatable bonds is 17. The highest BCUT2D eigenvalue weighted by Gasteiger charge is 2.32. The number of hydrogen-bond acceptors (Lipinski definition) is 7. The number of nitrogens with two attached hydrogens (primary N) is 2. The Hall–Kier alpha value is -2.73. The molecule has 34 heavy (non-hydrogen) atoms. The number of amides is 3. The van der Waals surface area contributed by atoms with Crippen LogP contribution in [0, 0.1) is 11.8 Å². The van der Waals surface area contributed by atoms with Crippen LogP contribution in [0.25, 0.3) is 0 Å². The van der Waals surface area contributed by atoms with Gasteiger partial charge >= 0.3 is 11.9 Å². The SMILES string of the molecule is CCC(C)C(N)C(=O)NC(CC(C)C)C(=O)NC(CC(=O)O)C(=O)NC(CCCCN)C(=O)O. The topological polar surface area (TPSA) is 214 Å². The molecule has 0 spiro atoms. The smallest absolute Gasteiger partial charge is 0.326 e. The molecular weight excluding hydrogens is 446 g/mol. The van der Waals surface area contributed by atoms with E-state index in [-0.39, 0.29) is 24.7 Å². The Morgan fingerprint density at radius 2 is 1.35 bits per heavy atom. The minimum Gasteiger partial charge on any atom is -0.481 e. The average molecular weight is 488 g/mol. The van der Waals surface area contributed by atoms with Crippen molar-refractivity contribution in [1.82, 2.24) is 16.0 Å². The first-order valence-corrected chi connectivity index (χ1v) is 11.6. The van der Waals surface area contributed by atoms with Gasteiger partial charge in [0.2, 0.25) is 17.7 Å². The van der Waals surface area contributed by atoms with E-state index in [1.165, 1.54) is 0 Å². The molecule has 0 aromatic rings. The maximum Gasteiger partial charge on any atom is 0.326 e. The Kier molecular flexibility index (Phi) is 14.7. The summed E-state index contributed by atoms with van der Waals surface area (Å²) >= 11 is 0. The third-order valence-electron chi connectivity index (χ3n) is 5.47. The highest BCUT2D eigenvalue weighted by atomic mass is 16.4. The van der Waals surface area contributed by atoms with Crippen molar-refractivity contribution in [2.75, 3.05) is 6.54 Å². The van der Waals surface area contributed by atoms with Gasteiger partial charge in [-0.3, -0.25) is 19.2 Å². The summed E-state index contributed by atoms with van der Waals surface area (Å²) in [6.45, 7) is 7.72. The molecule has 5 atom stereocenters. The van der Waals surface area contributed by atoms with Crippen LogP contribution in [0.3, 0.4) is 0 Å². The van der Waals surface area contributed by atoms with Crippen molar-refractivity contribution in [3.05, 3.63) is 0 Å². The van der Waals surface area contributed by atoms with Crippen LogP contribution in [-0.4, -0.2) is 70.6 Å². The number of unbranched alkanes of at least 4 members (excludes halogenated alkanes) is 1. The molecule has 0 aromatic carbocycles. The number of carbonyl (C=O) groups is 5. The summed E-state index contributed by atoms with van der Waals surface area (Å²) in [5, 5.41) is 25.8.